The molecule has 9 aromatic heterocycles. The molecule has 11 heterocycles. The van der Waals surface area contributed by atoms with Crippen LogP contribution in [0.5, 0.6) is 0 Å². The first-order valence-corrected chi connectivity index (χ1v) is 27.1. The molecule has 0 unspecified atom stereocenters. The molecule has 2 aliphatic rings. The summed E-state index contributed by atoms with van der Waals surface area (Å²) in [6.07, 6.45) is 52.1. The first-order valence-electron chi connectivity index (χ1n) is 23.3. The van der Waals surface area contributed by atoms with Crippen molar-refractivity contribution in [1.82, 2.24) is 86.0 Å². The van der Waals surface area contributed by atoms with E-state index in [-0.39, 0.29) is 39.6 Å². The van der Waals surface area contributed by atoms with Gasteiger partial charge in [-0.25, -0.2) is 101 Å². The van der Waals surface area contributed by atoms with Crippen molar-refractivity contribution in [3.63, 3.8) is 0 Å². The first-order chi connectivity index (χ1) is 39.3. The number of hydrogen-bond donors (Lipinski definition) is 0. The van der Waals surface area contributed by atoms with Gasteiger partial charge in [-0.1, -0.05) is 0 Å². The number of nitrogens with zero attached hydrogens (tertiary/aromatic N) is 18. The molecule has 0 aromatic carbocycles. The number of carbonyl (C=O) groups is 1. The van der Waals surface area contributed by atoms with Crippen molar-refractivity contribution < 1.29 is 150 Å². The average molecular weight is 1380 g/mol. The number of hydrogen-bond acceptors (Lipinski definition) is 26. The van der Waals surface area contributed by atoms with Crippen molar-refractivity contribution in [2.45, 2.75) is 25.7 Å². The molecule has 36 nitrogen and oxygen atoms in total. The van der Waals surface area contributed by atoms with Gasteiger partial charge >= 0.3 is 34.1 Å². The van der Waals surface area contributed by atoms with Crippen LogP contribution in [0, 0.1) is 30.7 Å². The van der Waals surface area contributed by atoms with E-state index in [1.54, 1.807) is 113 Å². The van der Waals surface area contributed by atoms with Crippen LogP contribution in [-0.2, 0) is 117 Å². The molecule has 0 spiro atoms. The summed E-state index contributed by atoms with van der Waals surface area (Å²) < 4.78 is 132. The number of imidazole rings is 9. The van der Waals surface area contributed by atoms with Gasteiger partial charge in [0.15, 0.2) is 0 Å². The van der Waals surface area contributed by atoms with E-state index in [0.29, 0.717) is 0 Å². The van der Waals surface area contributed by atoms with Crippen molar-refractivity contribution in [3.05, 3.63) is 168 Å². The van der Waals surface area contributed by atoms with Gasteiger partial charge in [0, 0.05) is 209 Å². The normalized spacial score (nSPS) is 10.7. The van der Waals surface area contributed by atoms with E-state index in [0.717, 1.165) is 33.5 Å². The Morgan fingerprint density at radius 3 is 0.460 bits per heavy atom. The fraction of sp³-hybridized carbons (Fsp3) is 0.391. The zero-order valence-electron chi connectivity index (χ0n) is 49.0. The van der Waals surface area contributed by atoms with Gasteiger partial charge in [-0.15, -0.1) is 30.7 Å². The van der Waals surface area contributed by atoms with Crippen molar-refractivity contribution >= 4 is 6.16 Å². The Kier molecular flexibility index (Phi) is 67.7. The Hall–Kier alpha value is -6.53. The first kappa shape index (κ1) is 94.1. The molecule has 0 aliphatic carbocycles. The molecule has 11 rings (SSSR count). The zero-order valence-corrected chi connectivity index (χ0v) is 53.5. The molecule has 2 aliphatic heterocycles. The molecular weight excluding hydrogens is 1310 g/mol. The van der Waals surface area contributed by atoms with Gasteiger partial charge < -0.3 is 70.7 Å². The topological polar surface area (TPSA) is 533 Å². The summed E-state index contributed by atoms with van der Waals surface area (Å²) in [5.41, 5.74) is 0. The van der Waals surface area contributed by atoms with Crippen LogP contribution in [0.4, 0.5) is 4.79 Å². The van der Waals surface area contributed by atoms with Crippen molar-refractivity contribution in [2.75, 3.05) is 33.5 Å². The number of ether oxygens (including phenoxy) is 3. The van der Waals surface area contributed by atoms with E-state index in [1.165, 1.54) is 25.7 Å². The second kappa shape index (κ2) is 62.5. The van der Waals surface area contributed by atoms with Crippen molar-refractivity contribution in [1.29, 1.82) is 0 Å². The predicted octanol–water partition coefficient (Wildman–Crippen LogP) is -10.0. The maximum absolute atomic E-state index is 9.03. The van der Waals surface area contributed by atoms with E-state index >= 15 is 0 Å². The Balaban J connectivity index is -0.000000157. The quantitative estimate of drug-likeness (QED) is 0.100. The molecule has 0 amide bonds. The maximum atomic E-state index is 9.03. The molecular formula is C46H73Cl3Fe2N18O18. The number of carboxylic acid groups (broad SMARTS) is 1. The van der Waals surface area contributed by atoms with Gasteiger partial charge in [0.25, 0.3) is 6.16 Å². The fourth-order valence-corrected chi connectivity index (χ4v) is 3.95. The summed E-state index contributed by atoms with van der Waals surface area (Å²) in [4.78, 5) is 43.1. The Morgan fingerprint density at radius 2 is 0.437 bits per heavy atom. The van der Waals surface area contributed by atoms with Crippen LogP contribution in [0.25, 0.3) is 0 Å². The fourth-order valence-electron chi connectivity index (χ4n) is 3.95. The monoisotopic (exact) mass is 1380 g/mol. The standard InChI is InChI=1S/9C4H6N2.2C4H8O.C2H4O3.3ClHO4.2Fe.O/c9*1-6-3-2-5-4-6;2*1-2-4-5-3-1;1-5-2(3)4;3*2-1(3,4)5;;;/h9*2-4H,1H3;2*1-4H2;1H3,(H,3,4);3*(H,2,3,4,5);;;/q;;;;;;;;;;;;;;;2*+3;-2/p-4. The van der Waals surface area contributed by atoms with Crippen LogP contribution in [0.1, 0.15) is 25.7 Å². The van der Waals surface area contributed by atoms with E-state index in [2.05, 4.69) is 49.6 Å². The number of carbonyl (C=O) groups excluding carboxylic acids is 1. The minimum Gasteiger partial charge on any atom is -2.00 e. The summed E-state index contributed by atoms with van der Waals surface area (Å²) >= 11 is 0. The largest absolute Gasteiger partial charge is 3.00 e. The maximum Gasteiger partial charge on any atom is 3.00 e. The van der Waals surface area contributed by atoms with Gasteiger partial charge in [-0.05, 0) is 25.7 Å². The predicted molar refractivity (Wildman–Crippen MR) is 262 cm³/mol. The molecule has 9 aromatic rings. The third-order valence-corrected chi connectivity index (χ3v) is 7.55. The molecule has 2 saturated heterocycles. The average Bonchev–Trinajstić information content (AvgIpc) is 4.23. The summed E-state index contributed by atoms with van der Waals surface area (Å²) in [7, 11) is 3.64. The number of aromatic nitrogens is 18. The number of aryl methyl sites for hydroxylation is 9. The molecule has 2 fully saturated rings. The smallest absolute Gasteiger partial charge is 2.00 e. The Morgan fingerprint density at radius 1 is 0.333 bits per heavy atom. The van der Waals surface area contributed by atoms with Crippen LogP contribution in [-0.4, -0.2) is 126 Å². The minimum absolute atomic E-state index is 0. The summed E-state index contributed by atoms with van der Waals surface area (Å²) in [5.74, 6) is 0. The zero-order chi connectivity index (χ0) is 64.5. The van der Waals surface area contributed by atoms with Crippen LogP contribution in [0.2, 0.25) is 0 Å². The minimum atomic E-state index is -4.94. The van der Waals surface area contributed by atoms with Crippen LogP contribution in [0.3, 0.4) is 0 Å². The molecule has 0 bridgehead atoms. The molecule has 41 heteroatoms. The van der Waals surface area contributed by atoms with Gasteiger partial charge in [0.1, 0.15) is 0 Å². The Labute approximate surface area is 531 Å². The molecule has 0 saturated carbocycles. The summed E-state index contributed by atoms with van der Waals surface area (Å²) in [6, 6.07) is 0. The number of methoxy groups -OCH3 is 1. The molecule has 2 radical (unpaired) electrons. The van der Waals surface area contributed by atoms with E-state index in [9.17, 15) is 0 Å². The van der Waals surface area contributed by atoms with Gasteiger partial charge in [-0.2, -0.15) is 0 Å². The molecule has 0 atom stereocenters. The van der Waals surface area contributed by atoms with E-state index in [4.69, 9.17) is 75.3 Å². The summed E-state index contributed by atoms with van der Waals surface area (Å²) in [6.45, 7) is 4.00. The molecule has 492 valence electrons. The van der Waals surface area contributed by atoms with Crippen LogP contribution in [0.15, 0.2) is 168 Å². The van der Waals surface area contributed by atoms with E-state index in [1.807, 2.05) is 160 Å². The second-order valence-electron chi connectivity index (χ2n) is 15.3. The van der Waals surface area contributed by atoms with Gasteiger partial charge in [0.05, 0.1) is 56.9 Å². The molecule has 0 N–H and O–H groups in total. The Bertz CT molecular complexity index is 2040. The van der Waals surface area contributed by atoms with E-state index < -0.39 is 36.9 Å². The van der Waals surface area contributed by atoms with Crippen molar-refractivity contribution in [3.8, 4) is 0 Å². The second-order valence-corrected chi connectivity index (χ2v) is 17.5. The number of rotatable bonds is 0. The summed E-state index contributed by atoms with van der Waals surface area (Å²) in [5, 5.41) is 9.03. The molecule has 87 heavy (non-hydrogen) atoms. The number of halogens is 3. The third kappa shape index (κ3) is 102. The van der Waals surface area contributed by atoms with Crippen LogP contribution < -0.4 is 61.0 Å². The van der Waals surface area contributed by atoms with Crippen LogP contribution >= 0.6 is 0 Å². The third-order valence-electron chi connectivity index (χ3n) is 7.55. The van der Waals surface area contributed by atoms with Crippen molar-refractivity contribution in [2.24, 2.45) is 63.4 Å². The SMILES string of the molecule is C1CCOC1.C1CCOC1.COC(=O)[O-].Cn1ccnc1.Cn1ccnc1.Cn1ccnc1.Cn1ccnc1.Cn1ccnc1.Cn1ccnc1.Cn1ccnc1.Cn1ccnc1.Cn1ccnc1.[Fe+3].[Fe+3].[O-2].[O-][Cl+3]([O-])([O-])[O-].[O-][Cl+3]([O-])([O-])[O-].[O-][Cl+3]([O-])([O-])[O-]. The van der Waals surface area contributed by atoms with Gasteiger partial charge in [0.2, 0.25) is 0 Å². The van der Waals surface area contributed by atoms with Gasteiger partial charge in [-0.3, -0.25) is 0 Å².